The van der Waals surface area contributed by atoms with E-state index in [2.05, 4.69) is 33.8 Å². The molecule has 0 spiro atoms. The second-order valence-electron chi connectivity index (χ2n) is 7.77. The Balaban J connectivity index is 1.47. The lowest BCUT2D eigenvalue weighted by molar-refractivity contribution is 0.244. The van der Waals surface area contributed by atoms with Crippen molar-refractivity contribution in [3.8, 4) is 11.5 Å². The third-order valence-electron chi connectivity index (χ3n) is 6.14. The molecule has 2 aromatic heterocycles. The first-order chi connectivity index (χ1) is 14.3. The van der Waals surface area contributed by atoms with Gasteiger partial charge in [-0.1, -0.05) is 6.07 Å². The van der Waals surface area contributed by atoms with Crippen molar-refractivity contribution in [3.63, 3.8) is 0 Å². The van der Waals surface area contributed by atoms with Crippen LogP contribution < -0.4 is 20.1 Å². The SMILES string of the molecule is COc1cc2nc3c(c(NCC4CN[C@H]4c4ccccn4)c2cc1OC)CCC3. The van der Waals surface area contributed by atoms with Crippen molar-refractivity contribution < 1.29 is 9.47 Å². The summed E-state index contributed by atoms with van der Waals surface area (Å²) in [5.41, 5.74) is 5.84. The molecule has 29 heavy (non-hydrogen) atoms. The molecule has 5 rings (SSSR count). The number of benzene rings is 1. The number of fused-ring (bicyclic) bond motifs is 2. The number of aromatic nitrogens is 2. The Morgan fingerprint density at radius 1 is 1.14 bits per heavy atom. The predicted octanol–water partition coefficient (Wildman–Crippen LogP) is 3.51. The lowest BCUT2D eigenvalue weighted by atomic mass is 9.88. The van der Waals surface area contributed by atoms with Crippen LogP contribution in [0.3, 0.4) is 0 Å². The number of nitrogens with zero attached hydrogens (tertiary/aromatic N) is 2. The molecule has 1 aliphatic carbocycles. The van der Waals surface area contributed by atoms with Crippen LogP contribution in [-0.2, 0) is 12.8 Å². The number of ether oxygens (including phenoxy) is 2. The number of nitrogens with one attached hydrogen (secondary N) is 2. The van der Waals surface area contributed by atoms with Gasteiger partial charge in [0.2, 0.25) is 0 Å². The van der Waals surface area contributed by atoms with Crippen molar-refractivity contribution >= 4 is 16.6 Å². The van der Waals surface area contributed by atoms with Crippen LogP contribution in [0.4, 0.5) is 5.69 Å². The molecule has 3 heterocycles. The molecule has 3 aromatic rings. The molecule has 1 aromatic carbocycles. The van der Waals surface area contributed by atoms with Gasteiger partial charge < -0.3 is 20.1 Å². The first-order valence-corrected chi connectivity index (χ1v) is 10.2. The van der Waals surface area contributed by atoms with Crippen molar-refractivity contribution in [2.45, 2.75) is 25.3 Å². The average Bonchev–Trinajstić information content (AvgIpc) is 3.20. The van der Waals surface area contributed by atoms with Crippen LogP contribution in [0.1, 0.15) is 29.4 Å². The predicted molar refractivity (Wildman–Crippen MR) is 114 cm³/mol. The molecule has 1 unspecified atom stereocenters. The summed E-state index contributed by atoms with van der Waals surface area (Å²) < 4.78 is 11.0. The number of rotatable bonds is 6. The van der Waals surface area contributed by atoms with Gasteiger partial charge in [0.05, 0.1) is 31.5 Å². The monoisotopic (exact) mass is 390 g/mol. The van der Waals surface area contributed by atoms with Crippen LogP contribution in [0.2, 0.25) is 0 Å². The van der Waals surface area contributed by atoms with Crippen LogP contribution >= 0.6 is 0 Å². The molecule has 0 saturated carbocycles. The Morgan fingerprint density at radius 2 is 2.00 bits per heavy atom. The van der Waals surface area contributed by atoms with E-state index in [9.17, 15) is 0 Å². The Hall–Kier alpha value is -2.86. The summed E-state index contributed by atoms with van der Waals surface area (Å²) in [5, 5.41) is 8.40. The standard InChI is InChI=1S/C23H26N4O2/c1-28-20-10-16-19(11-21(20)29-2)27-17-8-5-6-15(17)23(16)26-13-14-12-25-22(14)18-7-3-4-9-24-18/h3-4,7,9-11,14,22,25H,5-6,8,12-13H2,1-2H3,(H,26,27)/t14?,22-/m1/s1. The summed E-state index contributed by atoms with van der Waals surface area (Å²) in [5.74, 6) is 1.96. The van der Waals surface area contributed by atoms with Gasteiger partial charge in [0.15, 0.2) is 11.5 Å². The highest BCUT2D eigenvalue weighted by Gasteiger charge is 2.32. The number of pyridine rings is 2. The Morgan fingerprint density at radius 3 is 2.72 bits per heavy atom. The van der Waals surface area contributed by atoms with E-state index in [0.29, 0.717) is 12.0 Å². The quantitative estimate of drug-likeness (QED) is 0.671. The summed E-state index contributed by atoms with van der Waals surface area (Å²) in [7, 11) is 3.34. The van der Waals surface area contributed by atoms with Gasteiger partial charge in [-0.05, 0) is 43.0 Å². The molecule has 1 fully saturated rings. The number of anilines is 1. The zero-order valence-corrected chi connectivity index (χ0v) is 16.9. The molecule has 1 saturated heterocycles. The van der Waals surface area contributed by atoms with Crippen LogP contribution in [0.15, 0.2) is 36.5 Å². The van der Waals surface area contributed by atoms with Gasteiger partial charge in [0.25, 0.3) is 0 Å². The van der Waals surface area contributed by atoms with Crippen molar-refractivity contribution in [2.75, 3.05) is 32.6 Å². The summed E-state index contributed by atoms with van der Waals surface area (Å²) in [6.45, 7) is 1.89. The second kappa shape index (κ2) is 7.52. The molecule has 2 aliphatic rings. The molecule has 150 valence electrons. The fourth-order valence-corrected chi connectivity index (χ4v) is 4.52. The highest BCUT2D eigenvalue weighted by atomic mass is 16.5. The highest BCUT2D eigenvalue weighted by Crippen LogP contribution is 2.40. The second-order valence-corrected chi connectivity index (χ2v) is 7.77. The zero-order valence-electron chi connectivity index (χ0n) is 16.9. The third-order valence-corrected chi connectivity index (χ3v) is 6.14. The smallest absolute Gasteiger partial charge is 0.162 e. The molecule has 1 aliphatic heterocycles. The molecule has 0 amide bonds. The maximum atomic E-state index is 5.55. The lowest BCUT2D eigenvalue weighted by Crippen LogP contribution is -2.49. The Labute approximate surface area is 170 Å². The summed E-state index contributed by atoms with van der Waals surface area (Å²) >= 11 is 0. The fraction of sp³-hybridized carbons (Fsp3) is 0.391. The molecular formula is C23H26N4O2. The van der Waals surface area contributed by atoms with Crippen LogP contribution in [-0.4, -0.2) is 37.3 Å². The molecule has 0 radical (unpaired) electrons. The number of methoxy groups -OCH3 is 2. The molecule has 6 nitrogen and oxygen atoms in total. The lowest BCUT2D eigenvalue weighted by Gasteiger charge is -2.38. The van der Waals surface area contributed by atoms with E-state index in [1.807, 2.05) is 18.3 Å². The molecular weight excluding hydrogens is 364 g/mol. The first kappa shape index (κ1) is 18.2. The number of hydrogen-bond donors (Lipinski definition) is 2. The molecule has 2 atom stereocenters. The maximum absolute atomic E-state index is 5.55. The van der Waals surface area contributed by atoms with Gasteiger partial charge >= 0.3 is 0 Å². The van der Waals surface area contributed by atoms with Gasteiger partial charge in [0, 0.05) is 48.0 Å². The van der Waals surface area contributed by atoms with E-state index < -0.39 is 0 Å². The van der Waals surface area contributed by atoms with E-state index in [1.54, 1.807) is 14.2 Å². The van der Waals surface area contributed by atoms with Gasteiger partial charge in [-0.15, -0.1) is 0 Å². The van der Waals surface area contributed by atoms with E-state index in [1.165, 1.54) is 16.9 Å². The van der Waals surface area contributed by atoms with E-state index in [0.717, 1.165) is 60.4 Å². The summed E-state index contributed by atoms with van der Waals surface area (Å²) in [4.78, 5) is 9.45. The molecule has 0 bridgehead atoms. The summed E-state index contributed by atoms with van der Waals surface area (Å²) in [6.07, 6.45) is 5.13. The topological polar surface area (TPSA) is 68.3 Å². The van der Waals surface area contributed by atoms with E-state index >= 15 is 0 Å². The Kier molecular flexibility index (Phi) is 4.72. The maximum Gasteiger partial charge on any atom is 0.162 e. The normalized spacial score (nSPS) is 20.2. The first-order valence-electron chi connectivity index (χ1n) is 10.2. The van der Waals surface area contributed by atoms with Crippen LogP contribution in [0.5, 0.6) is 11.5 Å². The average molecular weight is 390 g/mol. The molecule has 6 heteroatoms. The van der Waals surface area contributed by atoms with Crippen molar-refractivity contribution in [2.24, 2.45) is 5.92 Å². The summed E-state index contributed by atoms with van der Waals surface area (Å²) in [6, 6.07) is 10.5. The number of hydrogen-bond acceptors (Lipinski definition) is 6. The van der Waals surface area contributed by atoms with Gasteiger partial charge in [-0.25, -0.2) is 0 Å². The van der Waals surface area contributed by atoms with Crippen LogP contribution in [0.25, 0.3) is 10.9 Å². The van der Waals surface area contributed by atoms with Gasteiger partial charge in [0.1, 0.15) is 0 Å². The minimum absolute atomic E-state index is 0.305. The molecule has 2 N–H and O–H groups in total. The van der Waals surface area contributed by atoms with Crippen molar-refractivity contribution in [3.05, 3.63) is 53.5 Å². The fourth-order valence-electron chi connectivity index (χ4n) is 4.52. The minimum atomic E-state index is 0.305. The van der Waals surface area contributed by atoms with E-state index in [-0.39, 0.29) is 0 Å². The van der Waals surface area contributed by atoms with Gasteiger partial charge in [-0.3, -0.25) is 9.97 Å². The Bertz CT molecular complexity index is 1040. The van der Waals surface area contributed by atoms with Gasteiger partial charge in [-0.2, -0.15) is 0 Å². The van der Waals surface area contributed by atoms with Crippen LogP contribution in [0, 0.1) is 5.92 Å². The van der Waals surface area contributed by atoms with E-state index in [4.69, 9.17) is 14.5 Å². The third kappa shape index (κ3) is 3.17. The highest BCUT2D eigenvalue weighted by molar-refractivity contribution is 5.96. The zero-order chi connectivity index (χ0) is 19.8. The van der Waals surface area contributed by atoms with Crippen molar-refractivity contribution in [1.82, 2.24) is 15.3 Å². The number of aryl methyl sites for hydroxylation is 1. The minimum Gasteiger partial charge on any atom is -0.493 e. The van der Waals surface area contributed by atoms with Crippen molar-refractivity contribution in [1.29, 1.82) is 0 Å². The largest absolute Gasteiger partial charge is 0.493 e.